The minimum absolute atomic E-state index is 0.00447. The van der Waals surface area contributed by atoms with Gasteiger partial charge in [0.15, 0.2) is 0 Å². The zero-order valence-electron chi connectivity index (χ0n) is 20.1. The van der Waals surface area contributed by atoms with E-state index in [1.165, 1.54) is 5.56 Å². The molecule has 0 unspecified atom stereocenters. The summed E-state index contributed by atoms with van der Waals surface area (Å²) in [6.45, 7) is 3.01. The number of rotatable bonds is 7. The molecule has 1 aliphatic rings. The van der Waals surface area contributed by atoms with Gasteiger partial charge in [-0.2, -0.15) is 0 Å². The fourth-order valence-electron chi connectivity index (χ4n) is 4.77. The van der Waals surface area contributed by atoms with Crippen LogP contribution in [0.15, 0.2) is 66.7 Å². The summed E-state index contributed by atoms with van der Waals surface area (Å²) in [6.07, 6.45) is 1.81. The van der Waals surface area contributed by atoms with Gasteiger partial charge in [-0.15, -0.1) is 0 Å². The second kappa shape index (κ2) is 10.9. The summed E-state index contributed by atoms with van der Waals surface area (Å²) in [6, 6.07) is 21.5. The maximum atomic E-state index is 13.0. The van der Waals surface area contributed by atoms with Gasteiger partial charge in [-0.1, -0.05) is 47.5 Å². The van der Waals surface area contributed by atoms with E-state index in [0.29, 0.717) is 28.8 Å². The highest BCUT2D eigenvalue weighted by Crippen LogP contribution is 2.27. The summed E-state index contributed by atoms with van der Waals surface area (Å²) in [4.78, 5) is 20.3. The fraction of sp³-hybridized carbons (Fsp3) is 0.286. The first-order valence-corrected chi connectivity index (χ1v) is 12.8. The molecule has 36 heavy (non-hydrogen) atoms. The standard InChI is InChI=1S/C28H28Cl2N4O2/c1-36-22-11-8-19(9-12-22)16-34-26-7-3-2-6-25(26)32-27(34)18-33-14-4-5-20(17-33)28(35)31-21-10-13-23(29)24(30)15-21/h2-3,6-13,15,20H,4-5,14,16-18H2,1H3,(H,31,35)/t20-/m1/s1. The van der Waals surface area contributed by atoms with Crippen LogP contribution in [0, 0.1) is 5.92 Å². The largest absolute Gasteiger partial charge is 0.497 e. The summed E-state index contributed by atoms with van der Waals surface area (Å²) in [5.74, 6) is 1.74. The van der Waals surface area contributed by atoms with E-state index in [1.54, 1.807) is 25.3 Å². The highest BCUT2D eigenvalue weighted by Gasteiger charge is 2.27. The molecule has 1 aromatic heterocycles. The number of methoxy groups -OCH3 is 1. The lowest BCUT2D eigenvalue weighted by molar-refractivity contribution is -0.121. The first-order valence-electron chi connectivity index (χ1n) is 12.1. The molecule has 0 spiro atoms. The van der Waals surface area contributed by atoms with Crippen molar-refractivity contribution < 1.29 is 9.53 Å². The second-order valence-electron chi connectivity index (χ2n) is 9.14. The lowest BCUT2D eigenvalue weighted by atomic mass is 9.97. The number of piperidine rings is 1. The number of likely N-dealkylation sites (tertiary alicyclic amines) is 1. The number of nitrogens with one attached hydrogen (secondary N) is 1. The smallest absolute Gasteiger partial charge is 0.228 e. The number of carbonyl (C=O) groups is 1. The van der Waals surface area contributed by atoms with Crippen LogP contribution in [-0.4, -0.2) is 40.6 Å². The van der Waals surface area contributed by atoms with Gasteiger partial charge in [-0.05, 0) is 67.4 Å². The maximum absolute atomic E-state index is 13.0. The number of amides is 1. The van der Waals surface area contributed by atoms with Crippen molar-refractivity contribution in [1.29, 1.82) is 0 Å². The normalized spacial score (nSPS) is 16.2. The van der Waals surface area contributed by atoms with Gasteiger partial charge < -0.3 is 14.6 Å². The number of carbonyl (C=O) groups excluding carboxylic acids is 1. The van der Waals surface area contributed by atoms with Crippen LogP contribution in [0.4, 0.5) is 5.69 Å². The van der Waals surface area contributed by atoms with Crippen LogP contribution in [0.3, 0.4) is 0 Å². The molecular formula is C28H28Cl2N4O2. The van der Waals surface area contributed by atoms with Gasteiger partial charge in [0.05, 0.1) is 40.7 Å². The Hall–Kier alpha value is -3.06. The Morgan fingerprint density at radius 2 is 1.86 bits per heavy atom. The fourth-order valence-corrected chi connectivity index (χ4v) is 5.07. The molecule has 1 aliphatic heterocycles. The molecule has 1 fully saturated rings. The monoisotopic (exact) mass is 522 g/mol. The summed E-state index contributed by atoms with van der Waals surface area (Å²) in [5, 5.41) is 3.89. The number of fused-ring (bicyclic) bond motifs is 1. The molecular weight excluding hydrogens is 495 g/mol. The van der Waals surface area contributed by atoms with Crippen LogP contribution in [-0.2, 0) is 17.9 Å². The van der Waals surface area contributed by atoms with Gasteiger partial charge in [0.25, 0.3) is 0 Å². The zero-order chi connectivity index (χ0) is 25.1. The Morgan fingerprint density at radius 1 is 1.06 bits per heavy atom. The van der Waals surface area contributed by atoms with Crippen molar-refractivity contribution in [3.8, 4) is 5.75 Å². The number of benzene rings is 3. The van der Waals surface area contributed by atoms with E-state index in [9.17, 15) is 4.79 Å². The average molecular weight is 523 g/mol. The van der Waals surface area contributed by atoms with Crippen molar-refractivity contribution in [3.05, 3.63) is 88.2 Å². The third-order valence-corrected chi connectivity index (χ3v) is 7.40. The minimum atomic E-state index is -0.104. The third kappa shape index (κ3) is 5.51. The van der Waals surface area contributed by atoms with E-state index < -0.39 is 0 Å². The van der Waals surface area contributed by atoms with Gasteiger partial charge in [-0.25, -0.2) is 4.98 Å². The van der Waals surface area contributed by atoms with Crippen LogP contribution >= 0.6 is 23.2 Å². The second-order valence-corrected chi connectivity index (χ2v) is 9.96. The van der Waals surface area contributed by atoms with Crippen molar-refractivity contribution >= 4 is 45.8 Å². The van der Waals surface area contributed by atoms with Crippen molar-refractivity contribution in [3.63, 3.8) is 0 Å². The summed E-state index contributed by atoms with van der Waals surface area (Å²) < 4.78 is 7.58. The molecule has 6 nitrogen and oxygen atoms in total. The number of imidazole rings is 1. The van der Waals surface area contributed by atoms with Gasteiger partial charge in [0.2, 0.25) is 5.91 Å². The number of aromatic nitrogens is 2. The van der Waals surface area contributed by atoms with Crippen molar-refractivity contribution in [2.75, 3.05) is 25.5 Å². The van der Waals surface area contributed by atoms with Crippen LogP contribution in [0.1, 0.15) is 24.2 Å². The van der Waals surface area contributed by atoms with Crippen molar-refractivity contribution in [2.24, 2.45) is 5.92 Å². The van der Waals surface area contributed by atoms with Crippen molar-refractivity contribution in [2.45, 2.75) is 25.9 Å². The Labute approximate surface area is 220 Å². The van der Waals surface area contributed by atoms with Gasteiger partial charge >= 0.3 is 0 Å². The molecule has 0 bridgehead atoms. The lowest BCUT2D eigenvalue weighted by Crippen LogP contribution is -2.40. The number of halogens is 2. The molecule has 1 N–H and O–H groups in total. The van der Waals surface area contributed by atoms with Crippen LogP contribution in [0.25, 0.3) is 11.0 Å². The SMILES string of the molecule is COc1ccc(Cn2c(CN3CCC[C@@H](C(=O)Nc4ccc(Cl)c(Cl)c4)C3)nc3ccccc32)cc1. The van der Waals surface area contributed by atoms with Crippen LogP contribution < -0.4 is 10.1 Å². The molecule has 0 radical (unpaired) electrons. The summed E-state index contributed by atoms with van der Waals surface area (Å²) >= 11 is 12.1. The molecule has 0 aliphatic carbocycles. The molecule has 5 rings (SSSR count). The average Bonchev–Trinajstić information content (AvgIpc) is 3.23. The summed E-state index contributed by atoms with van der Waals surface area (Å²) in [7, 11) is 1.67. The molecule has 4 aromatic rings. The Bertz CT molecular complexity index is 1370. The van der Waals surface area contributed by atoms with Crippen LogP contribution in [0.5, 0.6) is 5.75 Å². The number of hydrogen-bond donors (Lipinski definition) is 1. The zero-order valence-corrected chi connectivity index (χ0v) is 21.6. The molecule has 1 atom stereocenters. The molecule has 1 saturated heterocycles. The van der Waals surface area contributed by atoms with Gasteiger partial charge in [-0.3, -0.25) is 9.69 Å². The molecule has 1 amide bonds. The molecule has 0 saturated carbocycles. The lowest BCUT2D eigenvalue weighted by Gasteiger charge is -2.31. The number of ether oxygens (including phenoxy) is 1. The first-order chi connectivity index (χ1) is 17.5. The van der Waals surface area contributed by atoms with E-state index in [-0.39, 0.29) is 11.8 Å². The minimum Gasteiger partial charge on any atom is -0.497 e. The van der Waals surface area contributed by atoms with E-state index >= 15 is 0 Å². The molecule has 186 valence electrons. The first kappa shape index (κ1) is 24.6. The van der Waals surface area contributed by atoms with E-state index in [2.05, 4.69) is 33.0 Å². The van der Waals surface area contributed by atoms with E-state index in [0.717, 1.165) is 48.5 Å². The van der Waals surface area contributed by atoms with E-state index in [1.807, 2.05) is 30.3 Å². The third-order valence-electron chi connectivity index (χ3n) is 6.66. The molecule has 3 aromatic carbocycles. The summed E-state index contributed by atoms with van der Waals surface area (Å²) in [5.41, 5.74) is 3.92. The number of hydrogen-bond acceptors (Lipinski definition) is 4. The highest BCUT2D eigenvalue weighted by atomic mass is 35.5. The maximum Gasteiger partial charge on any atom is 0.228 e. The van der Waals surface area contributed by atoms with Crippen LogP contribution in [0.2, 0.25) is 10.0 Å². The predicted molar refractivity (Wildman–Crippen MR) is 145 cm³/mol. The predicted octanol–water partition coefficient (Wildman–Crippen LogP) is 6.25. The quantitative estimate of drug-likeness (QED) is 0.311. The Morgan fingerprint density at radius 3 is 2.64 bits per heavy atom. The molecule has 2 heterocycles. The Balaban J connectivity index is 1.32. The number of nitrogens with zero attached hydrogens (tertiary/aromatic N) is 3. The molecule has 8 heteroatoms. The number of para-hydroxylation sites is 2. The Kier molecular flexibility index (Phi) is 7.46. The topological polar surface area (TPSA) is 59.4 Å². The van der Waals surface area contributed by atoms with Gasteiger partial charge in [0.1, 0.15) is 11.6 Å². The van der Waals surface area contributed by atoms with E-state index in [4.69, 9.17) is 32.9 Å². The van der Waals surface area contributed by atoms with Crippen molar-refractivity contribution in [1.82, 2.24) is 14.5 Å². The number of anilines is 1. The highest BCUT2D eigenvalue weighted by molar-refractivity contribution is 6.42. The van der Waals surface area contributed by atoms with Gasteiger partial charge in [0, 0.05) is 18.8 Å².